The van der Waals surface area contributed by atoms with E-state index in [4.69, 9.17) is 11.6 Å². The lowest BCUT2D eigenvalue weighted by molar-refractivity contribution is -0.137. The van der Waals surface area contributed by atoms with Gasteiger partial charge in [-0.25, -0.2) is 0 Å². The number of thiophene rings is 1. The number of carbonyl (C=O) groups excluding carboxylic acids is 2. The second kappa shape index (κ2) is 7.62. The van der Waals surface area contributed by atoms with Gasteiger partial charge in [0.2, 0.25) is 0 Å². The first-order valence-electron chi connectivity index (χ1n) is 8.76. The number of amides is 2. The van der Waals surface area contributed by atoms with Gasteiger partial charge in [-0.05, 0) is 41.6 Å². The van der Waals surface area contributed by atoms with Crippen LogP contribution in [0.25, 0.3) is 5.57 Å². The van der Waals surface area contributed by atoms with E-state index in [9.17, 15) is 9.59 Å². The summed E-state index contributed by atoms with van der Waals surface area (Å²) in [5.41, 5.74) is 3.22. The normalized spacial score (nSPS) is 14.1. The number of nitrogens with zero attached hydrogens (tertiary/aromatic N) is 1. The Morgan fingerprint density at radius 3 is 2.50 bits per heavy atom. The van der Waals surface area contributed by atoms with Gasteiger partial charge in [-0.1, -0.05) is 54.1 Å². The molecule has 0 atom stereocenters. The van der Waals surface area contributed by atoms with E-state index in [1.165, 1.54) is 16.2 Å². The van der Waals surface area contributed by atoms with Gasteiger partial charge in [-0.3, -0.25) is 14.5 Å². The Bertz CT molecular complexity index is 1080. The molecule has 4 rings (SSSR count). The highest BCUT2D eigenvalue weighted by Gasteiger charge is 2.39. The van der Waals surface area contributed by atoms with Gasteiger partial charge in [-0.2, -0.15) is 0 Å². The van der Waals surface area contributed by atoms with Crippen LogP contribution in [0.3, 0.4) is 0 Å². The summed E-state index contributed by atoms with van der Waals surface area (Å²) in [4.78, 5) is 28.4. The fourth-order valence-electron chi connectivity index (χ4n) is 3.11. The molecule has 6 heteroatoms. The minimum Gasteiger partial charge on any atom is -0.350 e. The van der Waals surface area contributed by atoms with Crippen LogP contribution in [0.2, 0.25) is 5.02 Å². The molecule has 1 aliphatic heterocycles. The van der Waals surface area contributed by atoms with Crippen LogP contribution >= 0.6 is 22.9 Å². The molecule has 1 N–H and O–H groups in total. The smallest absolute Gasteiger partial charge is 0.278 e. The third-order valence-corrected chi connectivity index (χ3v) is 5.70. The predicted octanol–water partition coefficient (Wildman–Crippen LogP) is 5.10. The minimum atomic E-state index is -0.336. The minimum absolute atomic E-state index is 0.229. The van der Waals surface area contributed by atoms with Crippen molar-refractivity contribution in [2.24, 2.45) is 0 Å². The molecular weight excluding hydrogens is 392 g/mol. The molecule has 0 radical (unpaired) electrons. The van der Waals surface area contributed by atoms with E-state index in [1.54, 1.807) is 12.1 Å². The number of anilines is 1. The van der Waals surface area contributed by atoms with Crippen molar-refractivity contribution >= 4 is 46.0 Å². The van der Waals surface area contributed by atoms with Crippen molar-refractivity contribution < 1.29 is 9.59 Å². The Balaban J connectivity index is 1.74. The zero-order valence-corrected chi connectivity index (χ0v) is 16.7. The van der Waals surface area contributed by atoms with Crippen molar-refractivity contribution in [3.63, 3.8) is 0 Å². The maximum atomic E-state index is 13.2. The van der Waals surface area contributed by atoms with Gasteiger partial charge in [0.05, 0.1) is 12.1 Å². The van der Waals surface area contributed by atoms with Crippen LogP contribution in [0.4, 0.5) is 5.69 Å². The first kappa shape index (κ1) is 18.5. The van der Waals surface area contributed by atoms with E-state index in [0.29, 0.717) is 16.3 Å². The molecule has 0 saturated carbocycles. The van der Waals surface area contributed by atoms with Crippen molar-refractivity contribution in [2.75, 3.05) is 5.32 Å². The number of carbonyl (C=O) groups is 2. The van der Waals surface area contributed by atoms with Crippen LogP contribution in [0.15, 0.2) is 71.7 Å². The molecule has 0 saturated heterocycles. The maximum Gasteiger partial charge on any atom is 0.278 e. The predicted molar refractivity (Wildman–Crippen MR) is 113 cm³/mol. The van der Waals surface area contributed by atoms with Crippen LogP contribution in [-0.2, 0) is 16.1 Å². The van der Waals surface area contributed by atoms with Crippen LogP contribution in [0.5, 0.6) is 0 Å². The topological polar surface area (TPSA) is 49.4 Å². The third-order valence-electron chi connectivity index (χ3n) is 4.58. The average Bonchev–Trinajstić information content (AvgIpc) is 3.29. The Labute approximate surface area is 172 Å². The number of halogens is 1. The first-order chi connectivity index (χ1) is 13.5. The molecule has 0 fully saturated rings. The summed E-state index contributed by atoms with van der Waals surface area (Å²) < 4.78 is 0. The van der Waals surface area contributed by atoms with E-state index in [-0.39, 0.29) is 24.1 Å². The summed E-state index contributed by atoms with van der Waals surface area (Å²) in [6, 6.07) is 18.6. The molecule has 1 aliphatic rings. The van der Waals surface area contributed by atoms with Gasteiger partial charge in [0.25, 0.3) is 11.8 Å². The van der Waals surface area contributed by atoms with E-state index >= 15 is 0 Å². The molecule has 0 bridgehead atoms. The first-order valence-corrected chi connectivity index (χ1v) is 10.0. The number of nitrogens with one attached hydrogen (secondary N) is 1. The maximum absolute atomic E-state index is 13.2. The number of hydrogen-bond donors (Lipinski definition) is 1. The largest absolute Gasteiger partial charge is 0.350 e. The van der Waals surface area contributed by atoms with E-state index in [1.807, 2.05) is 60.8 Å². The summed E-state index contributed by atoms with van der Waals surface area (Å²) in [5.74, 6) is -0.630. The summed E-state index contributed by atoms with van der Waals surface area (Å²) in [6.45, 7) is 2.15. The van der Waals surface area contributed by atoms with Crippen molar-refractivity contribution in [1.82, 2.24) is 4.90 Å². The van der Waals surface area contributed by atoms with Gasteiger partial charge in [0.1, 0.15) is 5.70 Å². The van der Waals surface area contributed by atoms with Crippen molar-refractivity contribution in [1.29, 1.82) is 0 Å². The lowest BCUT2D eigenvalue weighted by Crippen LogP contribution is -2.31. The SMILES string of the molecule is Cc1ccc(Cl)cc1NC1=C(c2cccs2)C(=O)N(Cc2ccccc2)C1=O. The molecule has 3 aromatic rings. The highest BCUT2D eigenvalue weighted by molar-refractivity contribution is 7.11. The van der Waals surface area contributed by atoms with Crippen molar-refractivity contribution in [3.05, 3.63) is 92.8 Å². The van der Waals surface area contributed by atoms with Gasteiger partial charge in [-0.15, -0.1) is 11.3 Å². The molecule has 140 valence electrons. The molecule has 2 amide bonds. The van der Waals surface area contributed by atoms with Crippen LogP contribution in [-0.4, -0.2) is 16.7 Å². The highest BCUT2D eigenvalue weighted by Crippen LogP contribution is 2.34. The zero-order chi connectivity index (χ0) is 19.7. The summed E-state index contributed by atoms with van der Waals surface area (Å²) >= 11 is 7.56. The van der Waals surface area contributed by atoms with Gasteiger partial charge < -0.3 is 5.32 Å². The molecule has 4 nitrogen and oxygen atoms in total. The van der Waals surface area contributed by atoms with Crippen molar-refractivity contribution in [2.45, 2.75) is 13.5 Å². The van der Waals surface area contributed by atoms with Crippen LogP contribution in [0, 0.1) is 6.92 Å². The lowest BCUT2D eigenvalue weighted by Gasteiger charge is -2.16. The molecule has 1 aromatic heterocycles. The number of hydrogen-bond acceptors (Lipinski definition) is 4. The fraction of sp³-hybridized carbons (Fsp3) is 0.0909. The average molecular weight is 409 g/mol. The summed E-state index contributed by atoms with van der Waals surface area (Å²) in [5, 5.41) is 5.62. The number of imide groups is 1. The molecule has 0 unspecified atom stereocenters. The molecular formula is C22H17ClN2O2S. The molecule has 2 aromatic carbocycles. The fourth-order valence-corrected chi connectivity index (χ4v) is 4.05. The highest BCUT2D eigenvalue weighted by atomic mass is 35.5. The summed E-state index contributed by atoms with van der Waals surface area (Å²) in [6.07, 6.45) is 0. The van der Waals surface area contributed by atoms with Crippen LogP contribution < -0.4 is 5.32 Å². The quantitative estimate of drug-likeness (QED) is 0.597. The van der Waals surface area contributed by atoms with Crippen LogP contribution in [0.1, 0.15) is 16.0 Å². The van der Waals surface area contributed by atoms with Gasteiger partial charge in [0.15, 0.2) is 0 Å². The second-order valence-electron chi connectivity index (χ2n) is 6.49. The number of rotatable bonds is 5. The monoisotopic (exact) mass is 408 g/mol. The molecule has 2 heterocycles. The van der Waals surface area contributed by atoms with E-state index in [2.05, 4.69) is 5.32 Å². The molecule has 28 heavy (non-hydrogen) atoms. The lowest BCUT2D eigenvalue weighted by atomic mass is 10.1. The zero-order valence-electron chi connectivity index (χ0n) is 15.1. The second-order valence-corrected chi connectivity index (χ2v) is 7.88. The summed E-state index contributed by atoms with van der Waals surface area (Å²) in [7, 11) is 0. The van der Waals surface area contributed by atoms with Gasteiger partial charge >= 0.3 is 0 Å². The third kappa shape index (κ3) is 3.46. The Hall–Kier alpha value is -2.89. The Morgan fingerprint density at radius 2 is 1.79 bits per heavy atom. The number of benzene rings is 2. The molecule has 0 aliphatic carbocycles. The Kier molecular flexibility index (Phi) is 5.03. The van der Waals surface area contributed by atoms with Gasteiger partial charge in [0, 0.05) is 15.6 Å². The van der Waals surface area contributed by atoms with E-state index < -0.39 is 0 Å². The molecule has 0 spiro atoms. The van der Waals surface area contributed by atoms with E-state index in [0.717, 1.165) is 16.0 Å². The number of aryl methyl sites for hydroxylation is 1. The standard InChI is InChI=1S/C22H17ClN2O2S/c1-14-9-10-16(23)12-17(14)24-20-19(18-8-5-11-28-18)21(26)25(22(20)27)13-15-6-3-2-4-7-15/h2-12,24H,13H2,1H3. The Morgan fingerprint density at radius 1 is 1.00 bits per heavy atom. The van der Waals surface area contributed by atoms with Crippen molar-refractivity contribution in [3.8, 4) is 0 Å².